The van der Waals surface area contributed by atoms with Crippen molar-refractivity contribution in [3.8, 4) is 5.88 Å². The van der Waals surface area contributed by atoms with Crippen LogP contribution in [0.2, 0.25) is 0 Å². The number of aryl methyl sites for hydroxylation is 1. The van der Waals surface area contributed by atoms with Gasteiger partial charge in [-0.15, -0.1) is 10.2 Å². The van der Waals surface area contributed by atoms with E-state index in [9.17, 15) is 0 Å². The molecule has 0 unspecified atom stereocenters. The smallest absolute Gasteiger partial charge is 0.235 e. The summed E-state index contributed by atoms with van der Waals surface area (Å²) in [6.07, 6.45) is 5.56. The van der Waals surface area contributed by atoms with E-state index in [1.807, 2.05) is 6.92 Å². The first-order valence-corrected chi connectivity index (χ1v) is 9.24. The van der Waals surface area contributed by atoms with Gasteiger partial charge in [0.25, 0.3) is 0 Å². The van der Waals surface area contributed by atoms with Gasteiger partial charge in [0.05, 0.1) is 12.3 Å². The van der Waals surface area contributed by atoms with E-state index >= 15 is 0 Å². The number of hydrogen-bond donors (Lipinski definition) is 0. The minimum atomic E-state index is 0.0661. The second kappa shape index (κ2) is 7.01. The summed E-state index contributed by atoms with van der Waals surface area (Å²) in [4.78, 5) is 10.8. The predicted octanol–water partition coefficient (Wildman–Crippen LogP) is 3.23. The maximum atomic E-state index is 5.85. The van der Waals surface area contributed by atoms with E-state index in [1.54, 1.807) is 23.7 Å². The Morgan fingerprint density at radius 2 is 1.88 bits per heavy atom. The zero-order valence-corrected chi connectivity index (χ0v) is 15.6. The van der Waals surface area contributed by atoms with Gasteiger partial charge in [-0.05, 0) is 25.7 Å². The van der Waals surface area contributed by atoms with Gasteiger partial charge in [0.15, 0.2) is 0 Å². The van der Waals surface area contributed by atoms with Crippen LogP contribution in [0.15, 0.2) is 12.4 Å². The van der Waals surface area contributed by atoms with Crippen LogP contribution in [0.3, 0.4) is 0 Å². The molecule has 0 saturated carbocycles. The summed E-state index contributed by atoms with van der Waals surface area (Å²) < 4.78 is 5.85. The van der Waals surface area contributed by atoms with Gasteiger partial charge < -0.3 is 9.64 Å². The molecular formula is C17H25N5OS. The van der Waals surface area contributed by atoms with Crippen LogP contribution in [0.4, 0.5) is 5.13 Å². The molecule has 3 heterocycles. The quantitative estimate of drug-likeness (QED) is 0.846. The van der Waals surface area contributed by atoms with E-state index in [4.69, 9.17) is 4.74 Å². The highest BCUT2D eigenvalue weighted by Gasteiger charge is 2.25. The van der Waals surface area contributed by atoms with Crippen molar-refractivity contribution in [2.45, 2.75) is 46.0 Å². The van der Waals surface area contributed by atoms with Crippen LogP contribution in [0.25, 0.3) is 0 Å². The first-order chi connectivity index (χ1) is 11.4. The molecule has 2 aromatic rings. The summed E-state index contributed by atoms with van der Waals surface area (Å²) in [7, 11) is 0. The summed E-state index contributed by atoms with van der Waals surface area (Å²) in [6, 6.07) is 0. The number of hydrogen-bond acceptors (Lipinski definition) is 7. The Morgan fingerprint density at radius 3 is 2.50 bits per heavy atom. The third-order valence-electron chi connectivity index (χ3n) is 4.23. The molecule has 0 radical (unpaired) electrons. The molecule has 0 bridgehead atoms. The molecule has 1 fully saturated rings. The zero-order chi connectivity index (χ0) is 17.2. The molecule has 0 spiro atoms. The SMILES string of the molecule is Cc1nccnc1OCC1CCN(c2nnc(C(C)(C)C)s2)CC1. The molecule has 3 rings (SSSR count). The van der Waals surface area contributed by atoms with Crippen molar-refractivity contribution in [2.75, 3.05) is 24.6 Å². The first kappa shape index (κ1) is 17.1. The fourth-order valence-corrected chi connectivity index (χ4v) is 3.62. The molecule has 0 atom stereocenters. The fraction of sp³-hybridized carbons (Fsp3) is 0.647. The van der Waals surface area contributed by atoms with Crippen LogP contribution in [0.5, 0.6) is 5.88 Å². The first-order valence-electron chi connectivity index (χ1n) is 8.43. The van der Waals surface area contributed by atoms with Gasteiger partial charge in [-0.3, -0.25) is 4.98 Å². The normalized spacial score (nSPS) is 16.4. The molecule has 2 aromatic heterocycles. The van der Waals surface area contributed by atoms with Crippen molar-refractivity contribution in [1.29, 1.82) is 0 Å². The molecule has 6 nitrogen and oxygen atoms in total. The predicted molar refractivity (Wildman–Crippen MR) is 95.8 cm³/mol. The molecule has 0 N–H and O–H groups in total. The molecule has 24 heavy (non-hydrogen) atoms. The van der Waals surface area contributed by atoms with Gasteiger partial charge in [0, 0.05) is 30.9 Å². The Hall–Kier alpha value is -1.76. The Kier molecular flexibility index (Phi) is 4.99. The van der Waals surface area contributed by atoms with Crippen LogP contribution in [0, 0.1) is 12.8 Å². The standard InChI is InChI=1S/C17H25N5OS/c1-12-14(19-8-7-18-12)23-11-13-5-9-22(10-6-13)16-21-20-15(24-16)17(2,3)4/h7-8,13H,5-6,9-11H2,1-4H3. The van der Waals surface area contributed by atoms with Crippen LogP contribution < -0.4 is 9.64 Å². The van der Waals surface area contributed by atoms with Gasteiger partial charge in [-0.25, -0.2) is 4.98 Å². The van der Waals surface area contributed by atoms with E-state index in [0.717, 1.165) is 41.8 Å². The highest BCUT2D eigenvalue weighted by molar-refractivity contribution is 7.15. The molecule has 0 aromatic carbocycles. The Morgan fingerprint density at radius 1 is 1.17 bits per heavy atom. The minimum Gasteiger partial charge on any atom is -0.476 e. The highest BCUT2D eigenvalue weighted by atomic mass is 32.1. The second-order valence-electron chi connectivity index (χ2n) is 7.33. The summed E-state index contributed by atoms with van der Waals surface area (Å²) >= 11 is 1.71. The highest BCUT2D eigenvalue weighted by Crippen LogP contribution is 2.31. The van der Waals surface area contributed by atoms with Crippen LogP contribution in [0.1, 0.15) is 44.3 Å². The monoisotopic (exact) mass is 347 g/mol. The molecule has 0 amide bonds. The largest absolute Gasteiger partial charge is 0.476 e. The summed E-state index contributed by atoms with van der Waals surface area (Å²) in [6.45, 7) is 11.2. The van der Waals surface area contributed by atoms with E-state index in [-0.39, 0.29) is 5.41 Å². The van der Waals surface area contributed by atoms with Gasteiger partial charge in [-0.1, -0.05) is 32.1 Å². The average molecular weight is 347 g/mol. The molecule has 1 aliphatic heterocycles. The summed E-state index contributed by atoms with van der Waals surface area (Å²) in [5.74, 6) is 1.21. The van der Waals surface area contributed by atoms with E-state index < -0.39 is 0 Å². The molecule has 130 valence electrons. The second-order valence-corrected chi connectivity index (χ2v) is 8.28. The van der Waals surface area contributed by atoms with Crippen molar-refractivity contribution in [2.24, 2.45) is 5.92 Å². The van der Waals surface area contributed by atoms with E-state index in [1.165, 1.54) is 0 Å². The lowest BCUT2D eigenvalue weighted by atomic mass is 9.98. The van der Waals surface area contributed by atoms with Crippen LogP contribution in [-0.4, -0.2) is 39.9 Å². The van der Waals surface area contributed by atoms with Crippen molar-refractivity contribution >= 4 is 16.5 Å². The van der Waals surface area contributed by atoms with Crippen LogP contribution in [-0.2, 0) is 5.41 Å². The van der Waals surface area contributed by atoms with Crippen LogP contribution >= 0.6 is 11.3 Å². The third kappa shape index (κ3) is 4.01. The van der Waals surface area contributed by atoms with E-state index in [2.05, 4.69) is 45.8 Å². The molecular weight excluding hydrogens is 322 g/mol. The fourth-order valence-electron chi connectivity index (χ4n) is 2.67. The Labute approximate surface area is 147 Å². The van der Waals surface area contributed by atoms with E-state index in [0.29, 0.717) is 18.4 Å². The summed E-state index contributed by atoms with van der Waals surface area (Å²) in [5.41, 5.74) is 0.912. The summed E-state index contributed by atoms with van der Waals surface area (Å²) in [5, 5.41) is 10.9. The zero-order valence-electron chi connectivity index (χ0n) is 14.8. The van der Waals surface area contributed by atoms with Gasteiger partial charge in [-0.2, -0.15) is 0 Å². The maximum absolute atomic E-state index is 5.85. The number of rotatable bonds is 4. The van der Waals surface area contributed by atoms with Gasteiger partial charge in [0.1, 0.15) is 5.01 Å². The topological polar surface area (TPSA) is 64.0 Å². The number of piperidine rings is 1. The molecule has 1 saturated heterocycles. The number of ether oxygens (including phenoxy) is 1. The van der Waals surface area contributed by atoms with Crippen molar-refractivity contribution in [3.63, 3.8) is 0 Å². The van der Waals surface area contributed by atoms with Gasteiger partial charge in [0.2, 0.25) is 11.0 Å². The van der Waals surface area contributed by atoms with Crippen molar-refractivity contribution < 1.29 is 4.74 Å². The number of aromatic nitrogens is 4. The maximum Gasteiger partial charge on any atom is 0.235 e. The lowest BCUT2D eigenvalue weighted by molar-refractivity contribution is 0.214. The lowest BCUT2D eigenvalue weighted by Gasteiger charge is -2.31. The van der Waals surface area contributed by atoms with Crippen molar-refractivity contribution in [3.05, 3.63) is 23.1 Å². The number of anilines is 1. The lowest BCUT2D eigenvalue weighted by Crippen LogP contribution is -2.35. The Bertz CT molecular complexity index is 674. The third-order valence-corrected chi connectivity index (χ3v) is 5.64. The van der Waals surface area contributed by atoms with Crippen molar-refractivity contribution in [1.82, 2.24) is 20.2 Å². The average Bonchev–Trinajstić information content (AvgIpc) is 3.05. The Balaban J connectivity index is 1.51. The van der Waals surface area contributed by atoms with Gasteiger partial charge >= 0.3 is 0 Å². The molecule has 1 aliphatic rings. The molecule has 0 aliphatic carbocycles. The molecule has 7 heteroatoms. The minimum absolute atomic E-state index is 0.0661. The number of nitrogens with zero attached hydrogens (tertiary/aromatic N) is 5.